The molecule has 3 heterocycles. The third-order valence-electron chi connectivity index (χ3n) is 5.41. The van der Waals surface area contributed by atoms with E-state index < -0.39 is 0 Å². The van der Waals surface area contributed by atoms with E-state index in [4.69, 9.17) is 9.72 Å². The highest BCUT2D eigenvalue weighted by Gasteiger charge is 2.23. The lowest BCUT2D eigenvalue weighted by atomic mass is 9.97. The molecule has 0 spiro atoms. The van der Waals surface area contributed by atoms with Crippen molar-refractivity contribution < 1.29 is 4.74 Å². The largest absolute Gasteiger partial charge is 0.379 e. The Morgan fingerprint density at radius 2 is 1.92 bits per heavy atom. The Kier molecular flexibility index (Phi) is 6.33. The fourth-order valence-corrected chi connectivity index (χ4v) is 4.91. The fraction of sp³-hybridized carbons (Fsp3) is 0.571. The maximum absolute atomic E-state index is 5.47. The van der Waals surface area contributed by atoms with Crippen molar-refractivity contribution in [1.29, 1.82) is 0 Å². The Labute approximate surface area is 160 Å². The van der Waals surface area contributed by atoms with Gasteiger partial charge in [-0.2, -0.15) is 0 Å². The normalized spacial score (nSPS) is 22.5. The fourth-order valence-electron chi connectivity index (χ4n) is 4.10. The highest BCUT2D eigenvalue weighted by Crippen LogP contribution is 2.21. The first-order valence-corrected chi connectivity index (χ1v) is 10.7. The van der Waals surface area contributed by atoms with Crippen LogP contribution in [0.2, 0.25) is 0 Å². The number of likely N-dealkylation sites (tertiary alicyclic amines) is 1. The van der Waals surface area contributed by atoms with Crippen LogP contribution in [0.3, 0.4) is 0 Å². The molecule has 0 radical (unpaired) electrons. The summed E-state index contributed by atoms with van der Waals surface area (Å²) >= 11 is 1.80. The molecule has 0 bridgehead atoms. The monoisotopic (exact) mass is 371 g/mol. The summed E-state index contributed by atoms with van der Waals surface area (Å²) in [4.78, 5) is 10.1. The maximum atomic E-state index is 5.47. The third kappa shape index (κ3) is 5.13. The van der Waals surface area contributed by atoms with Crippen molar-refractivity contribution in [3.8, 4) is 0 Å². The van der Waals surface area contributed by atoms with Crippen LogP contribution in [0, 0.1) is 5.92 Å². The molecule has 1 aromatic carbocycles. The molecule has 26 heavy (non-hydrogen) atoms. The van der Waals surface area contributed by atoms with Crippen molar-refractivity contribution >= 4 is 11.3 Å². The topological polar surface area (TPSA) is 28.6 Å². The molecule has 5 heteroatoms. The zero-order valence-corrected chi connectivity index (χ0v) is 16.3. The molecule has 1 aromatic heterocycles. The van der Waals surface area contributed by atoms with Gasteiger partial charge in [-0.15, -0.1) is 11.3 Å². The molecular weight excluding hydrogens is 342 g/mol. The quantitative estimate of drug-likeness (QED) is 0.779. The Morgan fingerprint density at radius 1 is 1.08 bits per heavy atom. The van der Waals surface area contributed by atoms with Crippen molar-refractivity contribution in [2.24, 2.45) is 5.92 Å². The predicted octanol–water partition coefficient (Wildman–Crippen LogP) is 3.28. The lowest BCUT2D eigenvalue weighted by molar-refractivity contribution is 0.0223. The average Bonchev–Trinajstić information content (AvgIpc) is 3.10. The van der Waals surface area contributed by atoms with E-state index in [9.17, 15) is 0 Å². The first kappa shape index (κ1) is 18.1. The SMILES string of the molecule is c1ccc(Cc2nc(CN3CCC[C@@H](CN4CCOCC4)C3)cs2)cc1. The van der Waals surface area contributed by atoms with Gasteiger partial charge in [0.25, 0.3) is 0 Å². The first-order valence-electron chi connectivity index (χ1n) is 9.85. The lowest BCUT2D eigenvalue weighted by Gasteiger charge is -2.36. The molecule has 1 atom stereocenters. The first-order chi connectivity index (χ1) is 12.8. The van der Waals surface area contributed by atoms with Crippen LogP contribution in [0.4, 0.5) is 0 Å². The minimum absolute atomic E-state index is 0.796. The number of hydrogen-bond acceptors (Lipinski definition) is 5. The molecule has 4 rings (SSSR count). The minimum Gasteiger partial charge on any atom is -0.379 e. The summed E-state index contributed by atoms with van der Waals surface area (Å²) < 4.78 is 5.47. The molecule has 2 saturated heterocycles. The van der Waals surface area contributed by atoms with Gasteiger partial charge in [-0.05, 0) is 30.9 Å². The number of hydrogen-bond donors (Lipinski definition) is 0. The van der Waals surface area contributed by atoms with Crippen LogP contribution in [-0.4, -0.2) is 60.7 Å². The van der Waals surface area contributed by atoms with E-state index in [1.807, 2.05) is 0 Å². The van der Waals surface area contributed by atoms with E-state index in [0.29, 0.717) is 0 Å². The molecular formula is C21H29N3OS. The number of ether oxygens (including phenoxy) is 1. The molecule has 0 saturated carbocycles. The number of thiazole rings is 1. The second-order valence-corrected chi connectivity index (χ2v) is 8.49. The van der Waals surface area contributed by atoms with Crippen LogP contribution in [0.1, 0.15) is 29.1 Å². The highest BCUT2D eigenvalue weighted by molar-refractivity contribution is 7.09. The van der Waals surface area contributed by atoms with Crippen molar-refractivity contribution in [1.82, 2.24) is 14.8 Å². The molecule has 2 aliphatic heterocycles. The predicted molar refractivity (Wildman–Crippen MR) is 107 cm³/mol. The number of nitrogens with zero attached hydrogens (tertiary/aromatic N) is 3. The summed E-state index contributed by atoms with van der Waals surface area (Å²) in [5.74, 6) is 0.796. The van der Waals surface area contributed by atoms with E-state index in [1.54, 1.807) is 11.3 Å². The van der Waals surface area contributed by atoms with Crippen LogP contribution in [0.15, 0.2) is 35.7 Å². The van der Waals surface area contributed by atoms with Gasteiger partial charge < -0.3 is 4.74 Å². The summed E-state index contributed by atoms with van der Waals surface area (Å²) in [6.07, 6.45) is 3.63. The summed E-state index contributed by atoms with van der Waals surface area (Å²) in [7, 11) is 0. The van der Waals surface area contributed by atoms with Crippen molar-refractivity contribution in [3.05, 3.63) is 52.0 Å². The molecule has 0 N–H and O–H groups in total. The van der Waals surface area contributed by atoms with Crippen LogP contribution in [0.5, 0.6) is 0 Å². The van der Waals surface area contributed by atoms with Gasteiger partial charge in [-0.3, -0.25) is 9.80 Å². The Bertz CT molecular complexity index is 669. The second kappa shape index (κ2) is 9.09. The molecule has 0 amide bonds. The number of rotatable bonds is 6. The van der Waals surface area contributed by atoms with Gasteiger partial charge in [-0.25, -0.2) is 4.98 Å². The number of piperidine rings is 1. The smallest absolute Gasteiger partial charge is 0.0972 e. The van der Waals surface area contributed by atoms with Crippen LogP contribution >= 0.6 is 11.3 Å². The molecule has 2 aliphatic rings. The van der Waals surface area contributed by atoms with Gasteiger partial charge in [0.1, 0.15) is 0 Å². The van der Waals surface area contributed by atoms with Crippen LogP contribution in [-0.2, 0) is 17.7 Å². The molecule has 2 fully saturated rings. The van der Waals surface area contributed by atoms with Gasteiger partial charge in [0.2, 0.25) is 0 Å². The minimum atomic E-state index is 0.796. The van der Waals surface area contributed by atoms with Gasteiger partial charge in [-0.1, -0.05) is 30.3 Å². The molecule has 0 aliphatic carbocycles. The molecule has 2 aromatic rings. The zero-order chi connectivity index (χ0) is 17.6. The summed E-state index contributed by atoms with van der Waals surface area (Å²) in [6.45, 7) is 8.67. The Morgan fingerprint density at radius 3 is 2.77 bits per heavy atom. The Balaban J connectivity index is 1.28. The van der Waals surface area contributed by atoms with Gasteiger partial charge in [0.05, 0.1) is 23.9 Å². The lowest BCUT2D eigenvalue weighted by Crippen LogP contribution is -2.44. The maximum Gasteiger partial charge on any atom is 0.0972 e. The average molecular weight is 372 g/mol. The third-order valence-corrected chi connectivity index (χ3v) is 6.30. The number of aromatic nitrogens is 1. The van der Waals surface area contributed by atoms with E-state index in [-0.39, 0.29) is 0 Å². The van der Waals surface area contributed by atoms with E-state index >= 15 is 0 Å². The van der Waals surface area contributed by atoms with Gasteiger partial charge in [0.15, 0.2) is 0 Å². The van der Waals surface area contributed by atoms with Crippen molar-refractivity contribution in [2.45, 2.75) is 25.8 Å². The number of benzene rings is 1. The van der Waals surface area contributed by atoms with E-state index in [0.717, 1.165) is 45.2 Å². The number of morpholine rings is 1. The highest BCUT2D eigenvalue weighted by atomic mass is 32.1. The van der Waals surface area contributed by atoms with E-state index in [2.05, 4.69) is 45.5 Å². The molecule has 4 nitrogen and oxygen atoms in total. The van der Waals surface area contributed by atoms with Crippen molar-refractivity contribution in [3.63, 3.8) is 0 Å². The molecule has 0 unspecified atom stereocenters. The van der Waals surface area contributed by atoms with Gasteiger partial charge >= 0.3 is 0 Å². The van der Waals surface area contributed by atoms with Gasteiger partial charge in [0, 0.05) is 44.5 Å². The summed E-state index contributed by atoms with van der Waals surface area (Å²) in [6, 6.07) is 10.6. The van der Waals surface area contributed by atoms with Crippen LogP contribution in [0.25, 0.3) is 0 Å². The summed E-state index contributed by atoms with van der Waals surface area (Å²) in [5, 5.41) is 3.48. The second-order valence-electron chi connectivity index (χ2n) is 7.55. The van der Waals surface area contributed by atoms with Crippen molar-refractivity contribution in [2.75, 3.05) is 45.9 Å². The Hall–Kier alpha value is -1.27. The zero-order valence-electron chi connectivity index (χ0n) is 15.5. The standard InChI is InChI=1S/C21H29N3OS/c1-2-5-18(6-3-1)13-21-22-20(17-26-21)16-24-8-4-7-19(15-24)14-23-9-11-25-12-10-23/h1-3,5-6,17,19H,4,7-16H2/t19-/m0/s1. The summed E-state index contributed by atoms with van der Waals surface area (Å²) in [5.41, 5.74) is 2.59. The van der Waals surface area contributed by atoms with Crippen LogP contribution < -0.4 is 0 Å². The van der Waals surface area contributed by atoms with E-state index in [1.165, 1.54) is 48.7 Å². The molecule has 140 valence electrons.